The summed E-state index contributed by atoms with van der Waals surface area (Å²) in [5.74, 6) is -0.0567. The largest absolute Gasteiger partial charge is 0.398 e. The molecule has 1 amide bonds. The minimum Gasteiger partial charge on any atom is -0.398 e. The van der Waals surface area contributed by atoms with E-state index in [1.807, 2.05) is 24.4 Å². The molecule has 0 unspecified atom stereocenters. The molecule has 1 aromatic carbocycles. The van der Waals surface area contributed by atoms with Crippen LogP contribution in [0.1, 0.15) is 0 Å². The van der Waals surface area contributed by atoms with Gasteiger partial charge in [0, 0.05) is 29.0 Å². The molecule has 3 aromatic rings. The average Bonchev–Trinajstić information content (AvgIpc) is 2.92. The Balaban J connectivity index is 1.84. The molecule has 0 atom stereocenters. The highest BCUT2D eigenvalue weighted by Gasteiger charge is 2.09. The molecular formula is C16H18N6O2. The zero-order chi connectivity index (χ0) is 17.1. The van der Waals surface area contributed by atoms with E-state index in [1.54, 1.807) is 16.9 Å². The lowest BCUT2D eigenvalue weighted by molar-refractivity contribution is -0.122. The molecule has 8 heteroatoms. The van der Waals surface area contributed by atoms with Crippen molar-refractivity contribution in [1.29, 1.82) is 0 Å². The SMILES string of the molecule is NC(=O)COCCn1cc2cc(N)c(-c3ccnc(N)c3)cc2n1. The number of carbonyl (C=O) groups excluding carboxylic acids is 1. The summed E-state index contributed by atoms with van der Waals surface area (Å²) >= 11 is 0. The summed E-state index contributed by atoms with van der Waals surface area (Å²) in [5.41, 5.74) is 20.1. The third-order valence-electron chi connectivity index (χ3n) is 3.52. The lowest BCUT2D eigenvalue weighted by Crippen LogP contribution is -2.19. The molecule has 6 N–H and O–H groups in total. The number of fused-ring (bicyclic) bond motifs is 1. The number of nitrogens with zero attached hydrogens (tertiary/aromatic N) is 3. The summed E-state index contributed by atoms with van der Waals surface area (Å²) in [5, 5.41) is 5.42. The second-order valence-corrected chi connectivity index (χ2v) is 5.38. The molecule has 0 aliphatic rings. The van der Waals surface area contributed by atoms with Crippen molar-refractivity contribution in [3.05, 3.63) is 36.7 Å². The number of ether oxygens (including phenoxy) is 1. The van der Waals surface area contributed by atoms with Crippen LogP contribution in [0.25, 0.3) is 22.0 Å². The Bertz CT molecular complexity index is 889. The quantitative estimate of drug-likeness (QED) is 0.452. The van der Waals surface area contributed by atoms with Crippen LogP contribution in [0.15, 0.2) is 36.7 Å². The minimum absolute atomic E-state index is 0.0959. The predicted molar refractivity (Wildman–Crippen MR) is 91.8 cm³/mol. The molecule has 2 aromatic heterocycles. The maximum Gasteiger partial charge on any atom is 0.243 e. The van der Waals surface area contributed by atoms with Gasteiger partial charge in [-0.25, -0.2) is 4.98 Å². The lowest BCUT2D eigenvalue weighted by atomic mass is 10.0. The standard InChI is InChI=1S/C16H18N6O2/c17-13-5-11-8-22(3-4-24-9-16(19)23)21-14(11)7-12(13)10-1-2-20-15(18)6-10/h1-2,5-8H,3-4,9,17H2,(H2,18,20)(H2,19,23). The maximum atomic E-state index is 10.6. The van der Waals surface area contributed by atoms with Gasteiger partial charge in [0.2, 0.25) is 5.91 Å². The fourth-order valence-electron chi connectivity index (χ4n) is 2.45. The fourth-order valence-corrected chi connectivity index (χ4v) is 2.45. The zero-order valence-corrected chi connectivity index (χ0v) is 13.0. The first-order chi connectivity index (χ1) is 11.5. The van der Waals surface area contributed by atoms with Crippen LogP contribution in [0.2, 0.25) is 0 Å². The molecule has 24 heavy (non-hydrogen) atoms. The van der Waals surface area contributed by atoms with Gasteiger partial charge in [0.05, 0.1) is 18.7 Å². The molecule has 0 aliphatic heterocycles. The van der Waals surface area contributed by atoms with Gasteiger partial charge in [-0.15, -0.1) is 0 Å². The number of pyridine rings is 1. The highest BCUT2D eigenvalue weighted by atomic mass is 16.5. The van der Waals surface area contributed by atoms with Crippen LogP contribution in [-0.4, -0.2) is 33.9 Å². The third kappa shape index (κ3) is 3.44. The normalized spacial score (nSPS) is 11.0. The van der Waals surface area contributed by atoms with Gasteiger partial charge in [0.25, 0.3) is 0 Å². The minimum atomic E-state index is -0.491. The predicted octanol–water partition coefficient (Wildman–Crippen LogP) is 0.765. The van der Waals surface area contributed by atoms with Crippen LogP contribution in [0, 0.1) is 0 Å². The Hall–Kier alpha value is -3.13. The number of nitrogen functional groups attached to an aromatic ring is 2. The summed E-state index contributed by atoms with van der Waals surface area (Å²) in [6.07, 6.45) is 3.52. The summed E-state index contributed by atoms with van der Waals surface area (Å²) < 4.78 is 6.89. The number of rotatable bonds is 6. The second-order valence-electron chi connectivity index (χ2n) is 5.38. The van der Waals surface area contributed by atoms with Crippen LogP contribution < -0.4 is 17.2 Å². The molecule has 0 bridgehead atoms. The Kier molecular flexibility index (Phi) is 4.30. The molecule has 0 spiro atoms. The number of hydrogen-bond donors (Lipinski definition) is 3. The van der Waals surface area contributed by atoms with E-state index in [1.165, 1.54) is 0 Å². The first-order valence-electron chi connectivity index (χ1n) is 7.37. The van der Waals surface area contributed by atoms with Crippen molar-refractivity contribution in [1.82, 2.24) is 14.8 Å². The number of hydrogen-bond acceptors (Lipinski definition) is 6. The Morgan fingerprint density at radius 2 is 2.08 bits per heavy atom. The van der Waals surface area contributed by atoms with E-state index >= 15 is 0 Å². The van der Waals surface area contributed by atoms with E-state index in [4.69, 9.17) is 21.9 Å². The Labute approximate surface area is 138 Å². The molecule has 8 nitrogen and oxygen atoms in total. The number of aromatic nitrogens is 3. The van der Waals surface area contributed by atoms with Crippen molar-refractivity contribution in [3.63, 3.8) is 0 Å². The summed E-state index contributed by atoms with van der Waals surface area (Å²) in [4.78, 5) is 14.6. The Morgan fingerprint density at radius 3 is 2.83 bits per heavy atom. The second kappa shape index (κ2) is 6.55. The van der Waals surface area contributed by atoms with Gasteiger partial charge in [0.15, 0.2) is 0 Å². The molecule has 0 saturated heterocycles. The number of anilines is 2. The summed E-state index contributed by atoms with van der Waals surface area (Å²) in [7, 11) is 0. The molecule has 0 saturated carbocycles. The van der Waals surface area contributed by atoms with E-state index in [-0.39, 0.29) is 6.61 Å². The molecular weight excluding hydrogens is 308 g/mol. The number of nitrogens with two attached hydrogens (primary N) is 3. The molecule has 0 aliphatic carbocycles. The number of primary amides is 1. The topological polar surface area (TPSA) is 135 Å². The number of benzene rings is 1. The molecule has 3 rings (SSSR count). The first-order valence-corrected chi connectivity index (χ1v) is 7.37. The Morgan fingerprint density at radius 1 is 1.25 bits per heavy atom. The molecule has 0 radical (unpaired) electrons. The van der Waals surface area contributed by atoms with Crippen LogP contribution in [-0.2, 0) is 16.1 Å². The van der Waals surface area contributed by atoms with Gasteiger partial charge < -0.3 is 21.9 Å². The van der Waals surface area contributed by atoms with Crippen LogP contribution in [0.3, 0.4) is 0 Å². The monoisotopic (exact) mass is 326 g/mol. The van der Waals surface area contributed by atoms with Crippen molar-refractivity contribution in [2.45, 2.75) is 6.54 Å². The van der Waals surface area contributed by atoms with Crippen molar-refractivity contribution in [2.75, 3.05) is 24.7 Å². The first kappa shape index (κ1) is 15.8. The average molecular weight is 326 g/mol. The van der Waals surface area contributed by atoms with Crippen LogP contribution >= 0.6 is 0 Å². The van der Waals surface area contributed by atoms with Crippen LogP contribution in [0.5, 0.6) is 0 Å². The van der Waals surface area contributed by atoms with Gasteiger partial charge in [-0.2, -0.15) is 5.10 Å². The molecule has 2 heterocycles. The number of carbonyl (C=O) groups is 1. The molecule has 0 fully saturated rings. The van der Waals surface area contributed by atoms with Gasteiger partial charge >= 0.3 is 0 Å². The maximum absolute atomic E-state index is 10.6. The fraction of sp³-hybridized carbons (Fsp3) is 0.188. The zero-order valence-electron chi connectivity index (χ0n) is 13.0. The van der Waals surface area contributed by atoms with Gasteiger partial charge in [-0.3, -0.25) is 9.48 Å². The van der Waals surface area contributed by atoms with Crippen LogP contribution in [0.4, 0.5) is 11.5 Å². The highest BCUT2D eigenvalue weighted by Crippen LogP contribution is 2.30. The van der Waals surface area contributed by atoms with E-state index in [0.717, 1.165) is 22.0 Å². The summed E-state index contributed by atoms with van der Waals surface area (Å²) in [6, 6.07) is 7.41. The lowest BCUT2D eigenvalue weighted by Gasteiger charge is -2.06. The van der Waals surface area contributed by atoms with E-state index in [9.17, 15) is 4.79 Å². The van der Waals surface area contributed by atoms with Crippen molar-refractivity contribution < 1.29 is 9.53 Å². The van der Waals surface area contributed by atoms with Crippen molar-refractivity contribution in [3.8, 4) is 11.1 Å². The van der Waals surface area contributed by atoms with Crippen molar-refractivity contribution in [2.24, 2.45) is 5.73 Å². The summed E-state index contributed by atoms with van der Waals surface area (Å²) in [6.45, 7) is 0.765. The van der Waals surface area contributed by atoms with Gasteiger partial charge in [-0.1, -0.05) is 0 Å². The van der Waals surface area contributed by atoms with E-state index in [2.05, 4.69) is 10.1 Å². The van der Waals surface area contributed by atoms with Gasteiger partial charge in [-0.05, 0) is 29.8 Å². The third-order valence-corrected chi connectivity index (χ3v) is 3.52. The number of amides is 1. The van der Waals surface area contributed by atoms with Crippen molar-refractivity contribution >= 4 is 28.3 Å². The molecule has 124 valence electrons. The van der Waals surface area contributed by atoms with Gasteiger partial charge in [0.1, 0.15) is 12.4 Å². The van der Waals surface area contributed by atoms with E-state index < -0.39 is 5.91 Å². The van der Waals surface area contributed by atoms with E-state index in [0.29, 0.717) is 24.7 Å². The smallest absolute Gasteiger partial charge is 0.243 e. The highest BCUT2D eigenvalue weighted by molar-refractivity contribution is 5.91.